The highest BCUT2D eigenvalue weighted by Gasteiger charge is 2.35. The Hall–Kier alpha value is -1.77. The number of nitrogens with zero attached hydrogens (tertiary/aromatic N) is 2. The summed E-state index contributed by atoms with van der Waals surface area (Å²) in [4.78, 5) is 3.94. The molecule has 0 radical (unpaired) electrons. The second kappa shape index (κ2) is 5.79. The SMILES string of the molecule is CCOc1c(F)cc2c(ncn2[C@H]2C[C@H](O)[C@@H](CO)O2)c1F. The third-order valence-electron chi connectivity index (χ3n) is 3.70. The predicted molar refractivity (Wildman–Crippen MR) is 72.4 cm³/mol. The summed E-state index contributed by atoms with van der Waals surface area (Å²) in [5.74, 6) is -2.15. The summed E-state index contributed by atoms with van der Waals surface area (Å²) in [7, 11) is 0. The fourth-order valence-electron chi connectivity index (χ4n) is 2.64. The molecule has 6 nitrogen and oxygen atoms in total. The van der Waals surface area contributed by atoms with E-state index in [0.29, 0.717) is 0 Å². The number of aromatic nitrogens is 2. The van der Waals surface area contributed by atoms with Crippen molar-refractivity contribution in [2.45, 2.75) is 31.8 Å². The van der Waals surface area contributed by atoms with Gasteiger partial charge < -0.3 is 24.3 Å². The minimum atomic E-state index is -0.868. The first-order chi connectivity index (χ1) is 10.6. The van der Waals surface area contributed by atoms with Crippen molar-refractivity contribution in [2.24, 2.45) is 0 Å². The molecule has 0 bridgehead atoms. The molecule has 1 aliphatic heterocycles. The Kier molecular flexibility index (Phi) is 3.98. The van der Waals surface area contributed by atoms with E-state index in [1.165, 1.54) is 10.9 Å². The van der Waals surface area contributed by atoms with Crippen molar-refractivity contribution in [3.8, 4) is 5.75 Å². The second-order valence-electron chi connectivity index (χ2n) is 5.07. The van der Waals surface area contributed by atoms with Crippen LogP contribution in [-0.2, 0) is 4.74 Å². The van der Waals surface area contributed by atoms with E-state index in [9.17, 15) is 13.9 Å². The maximum absolute atomic E-state index is 14.3. The topological polar surface area (TPSA) is 76.7 Å². The van der Waals surface area contributed by atoms with Crippen LogP contribution in [0.2, 0.25) is 0 Å². The quantitative estimate of drug-likeness (QED) is 0.891. The van der Waals surface area contributed by atoms with Crippen LogP contribution in [0.5, 0.6) is 5.75 Å². The molecule has 1 aromatic heterocycles. The van der Waals surface area contributed by atoms with Crippen molar-refractivity contribution in [2.75, 3.05) is 13.2 Å². The minimum absolute atomic E-state index is 0.0320. The Bertz CT molecular complexity index is 691. The summed E-state index contributed by atoms with van der Waals surface area (Å²) in [6, 6.07) is 1.12. The highest BCUT2D eigenvalue weighted by atomic mass is 19.1. The van der Waals surface area contributed by atoms with E-state index in [1.807, 2.05) is 0 Å². The van der Waals surface area contributed by atoms with E-state index in [-0.39, 0.29) is 30.7 Å². The molecule has 1 aliphatic rings. The molecule has 0 saturated carbocycles. The van der Waals surface area contributed by atoms with Crippen LogP contribution >= 0.6 is 0 Å². The van der Waals surface area contributed by atoms with Gasteiger partial charge in [0, 0.05) is 12.5 Å². The Balaban J connectivity index is 2.03. The van der Waals surface area contributed by atoms with Gasteiger partial charge in [0.2, 0.25) is 0 Å². The summed E-state index contributed by atoms with van der Waals surface area (Å²) in [5, 5.41) is 18.9. The summed E-state index contributed by atoms with van der Waals surface area (Å²) in [5.41, 5.74) is 0.171. The Labute approximate surface area is 124 Å². The summed E-state index contributed by atoms with van der Waals surface area (Å²) in [6.07, 6.45) is -0.689. The van der Waals surface area contributed by atoms with Crippen LogP contribution in [0.1, 0.15) is 19.6 Å². The van der Waals surface area contributed by atoms with E-state index < -0.39 is 35.8 Å². The first-order valence-electron chi connectivity index (χ1n) is 6.98. The molecule has 1 aromatic carbocycles. The number of imidazole rings is 1. The standard InChI is InChI=1S/C14H16F2N2O4/c1-2-21-14-7(15)3-8-13(12(14)16)17-6-18(8)11-4-9(20)10(5-19)22-11/h3,6,9-11,19-20H,2,4-5H2,1H3/t9-,10+,11+/m0/s1. The minimum Gasteiger partial charge on any atom is -0.488 e. The number of rotatable bonds is 4. The zero-order valence-electron chi connectivity index (χ0n) is 11.9. The monoisotopic (exact) mass is 314 g/mol. The van der Waals surface area contributed by atoms with Gasteiger partial charge in [-0.05, 0) is 6.92 Å². The normalized spacial score (nSPS) is 25.0. The summed E-state index contributed by atoms with van der Waals surface area (Å²) < 4.78 is 40.1. The molecule has 1 fully saturated rings. The smallest absolute Gasteiger partial charge is 0.195 e. The molecule has 2 heterocycles. The first kappa shape index (κ1) is 15.1. The molecule has 0 aliphatic carbocycles. The van der Waals surface area contributed by atoms with Crippen molar-refractivity contribution in [3.63, 3.8) is 0 Å². The largest absolute Gasteiger partial charge is 0.488 e. The number of aliphatic hydroxyl groups is 2. The van der Waals surface area contributed by atoms with Gasteiger partial charge in [0.25, 0.3) is 0 Å². The van der Waals surface area contributed by atoms with Crippen LogP contribution in [0.15, 0.2) is 12.4 Å². The predicted octanol–water partition coefficient (Wildman–Crippen LogP) is 1.35. The number of fused-ring (bicyclic) bond motifs is 1. The zero-order valence-corrected chi connectivity index (χ0v) is 11.9. The van der Waals surface area contributed by atoms with Gasteiger partial charge in [0.05, 0.1) is 31.2 Å². The lowest BCUT2D eigenvalue weighted by Gasteiger charge is -2.14. The molecule has 22 heavy (non-hydrogen) atoms. The molecule has 3 atom stereocenters. The molecular formula is C14H16F2N2O4. The maximum atomic E-state index is 14.3. The van der Waals surface area contributed by atoms with Gasteiger partial charge in [0.1, 0.15) is 17.8 Å². The van der Waals surface area contributed by atoms with Crippen LogP contribution in [0.25, 0.3) is 11.0 Å². The van der Waals surface area contributed by atoms with Crippen molar-refractivity contribution < 1.29 is 28.5 Å². The van der Waals surface area contributed by atoms with Gasteiger partial charge >= 0.3 is 0 Å². The van der Waals surface area contributed by atoms with Crippen molar-refractivity contribution in [3.05, 3.63) is 24.0 Å². The van der Waals surface area contributed by atoms with E-state index >= 15 is 0 Å². The molecular weight excluding hydrogens is 298 g/mol. The third kappa shape index (κ3) is 2.33. The lowest BCUT2D eigenvalue weighted by atomic mass is 10.2. The summed E-state index contributed by atoms with van der Waals surface area (Å²) in [6.45, 7) is 1.43. The fraction of sp³-hybridized carbons (Fsp3) is 0.500. The van der Waals surface area contributed by atoms with Gasteiger partial charge in [-0.25, -0.2) is 13.8 Å². The van der Waals surface area contributed by atoms with E-state index in [0.717, 1.165) is 6.07 Å². The van der Waals surface area contributed by atoms with Gasteiger partial charge in [-0.2, -0.15) is 0 Å². The zero-order chi connectivity index (χ0) is 15.9. The molecule has 2 N–H and O–H groups in total. The van der Waals surface area contributed by atoms with Gasteiger partial charge in [-0.15, -0.1) is 0 Å². The highest BCUT2D eigenvalue weighted by molar-refractivity contribution is 5.78. The number of hydrogen-bond donors (Lipinski definition) is 2. The average Bonchev–Trinajstić information content (AvgIpc) is 3.06. The number of benzene rings is 1. The van der Waals surface area contributed by atoms with E-state index in [4.69, 9.17) is 14.6 Å². The maximum Gasteiger partial charge on any atom is 0.195 e. The number of halogens is 2. The van der Waals surface area contributed by atoms with E-state index in [2.05, 4.69) is 4.98 Å². The number of ether oxygens (including phenoxy) is 2. The average molecular weight is 314 g/mol. The molecule has 3 rings (SSSR count). The van der Waals surface area contributed by atoms with Crippen LogP contribution in [0.4, 0.5) is 8.78 Å². The molecule has 2 aromatic rings. The number of hydrogen-bond acceptors (Lipinski definition) is 5. The second-order valence-corrected chi connectivity index (χ2v) is 5.07. The Morgan fingerprint density at radius 2 is 2.27 bits per heavy atom. The Morgan fingerprint density at radius 1 is 1.50 bits per heavy atom. The van der Waals surface area contributed by atoms with Crippen molar-refractivity contribution in [1.29, 1.82) is 0 Å². The van der Waals surface area contributed by atoms with Crippen LogP contribution in [0.3, 0.4) is 0 Å². The van der Waals surface area contributed by atoms with E-state index in [1.54, 1.807) is 6.92 Å². The summed E-state index contributed by atoms with van der Waals surface area (Å²) >= 11 is 0. The van der Waals surface area contributed by atoms with Crippen LogP contribution in [-0.4, -0.2) is 45.2 Å². The molecule has 0 spiro atoms. The molecule has 1 saturated heterocycles. The Morgan fingerprint density at radius 3 is 2.91 bits per heavy atom. The molecule has 8 heteroatoms. The number of aliphatic hydroxyl groups excluding tert-OH is 2. The molecule has 120 valence electrons. The van der Waals surface area contributed by atoms with Crippen LogP contribution < -0.4 is 4.74 Å². The molecule has 0 amide bonds. The molecule has 0 unspecified atom stereocenters. The van der Waals surface area contributed by atoms with Gasteiger partial charge in [0.15, 0.2) is 17.4 Å². The van der Waals surface area contributed by atoms with Gasteiger partial charge in [-0.1, -0.05) is 0 Å². The lowest BCUT2D eigenvalue weighted by Crippen LogP contribution is -2.24. The van der Waals surface area contributed by atoms with Crippen molar-refractivity contribution in [1.82, 2.24) is 9.55 Å². The first-order valence-corrected chi connectivity index (χ1v) is 6.98. The third-order valence-corrected chi connectivity index (χ3v) is 3.70. The fourth-order valence-corrected chi connectivity index (χ4v) is 2.64. The lowest BCUT2D eigenvalue weighted by molar-refractivity contribution is -0.0430. The van der Waals surface area contributed by atoms with Crippen molar-refractivity contribution >= 4 is 11.0 Å². The van der Waals surface area contributed by atoms with Crippen LogP contribution in [0, 0.1) is 11.6 Å². The van der Waals surface area contributed by atoms with Gasteiger partial charge in [-0.3, -0.25) is 0 Å². The highest BCUT2D eigenvalue weighted by Crippen LogP contribution is 2.34.